The molecule has 0 aliphatic carbocycles. The van der Waals surface area contributed by atoms with Crippen molar-refractivity contribution in [1.82, 2.24) is 24.8 Å². The molecule has 2 aromatic rings. The maximum Gasteiger partial charge on any atom is 0.276 e. The van der Waals surface area contributed by atoms with Gasteiger partial charge >= 0.3 is 0 Å². The number of aromatic nitrogens is 3. The number of amides is 1. The number of likely N-dealkylation sites (N-methyl/N-ethyl adjacent to an activating group) is 1. The van der Waals surface area contributed by atoms with Crippen LogP contribution in [0.1, 0.15) is 34.8 Å². The van der Waals surface area contributed by atoms with Gasteiger partial charge in [-0.2, -0.15) is 0 Å². The number of hydrogen-bond donors (Lipinski definition) is 0. The van der Waals surface area contributed by atoms with Gasteiger partial charge in [0.25, 0.3) is 5.91 Å². The third kappa shape index (κ3) is 3.54. The Balaban J connectivity index is 1.46. The Hall–Kier alpha value is -2.45. The molecule has 8 nitrogen and oxygen atoms in total. The minimum Gasteiger partial charge on any atom is -0.497 e. The van der Waals surface area contributed by atoms with Crippen LogP contribution >= 0.6 is 0 Å². The molecule has 0 saturated carbocycles. The van der Waals surface area contributed by atoms with Crippen LogP contribution in [0.25, 0.3) is 0 Å². The molecule has 4 rings (SSSR count). The van der Waals surface area contributed by atoms with E-state index in [9.17, 15) is 4.79 Å². The third-order valence-electron chi connectivity index (χ3n) is 5.39. The average Bonchev–Trinajstić information content (AvgIpc) is 3.16. The standard InChI is InChI=1S/C19H25N5O3/c1-3-22-8-10-23(11-9-22)19(25)18-16-13-27-17(12-24(16)21-20-18)14-4-6-15(26-2)7-5-14/h4-7,17H,3,8-13H2,1-2H3/t17-/m1/s1. The van der Waals surface area contributed by atoms with Crippen LogP contribution in [-0.2, 0) is 17.9 Å². The predicted octanol–water partition coefficient (Wildman–Crippen LogP) is 1.34. The maximum atomic E-state index is 12.9. The first kappa shape index (κ1) is 17.9. The minimum atomic E-state index is -0.110. The molecule has 2 aliphatic rings. The highest BCUT2D eigenvalue weighted by molar-refractivity contribution is 5.93. The number of fused-ring (bicyclic) bond motifs is 1. The summed E-state index contributed by atoms with van der Waals surface area (Å²) in [6.45, 7) is 7.31. The van der Waals surface area contributed by atoms with Crippen molar-refractivity contribution < 1.29 is 14.3 Å². The van der Waals surface area contributed by atoms with Gasteiger partial charge in [0, 0.05) is 26.2 Å². The molecule has 0 bridgehead atoms. The summed E-state index contributed by atoms with van der Waals surface area (Å²) in [6, 6.07) is 7.82. The van der Waals surface area contributed by atoms with E-state index < -0.39 is 0 Å². The number of methoxy groups -OCH3 is 1. The van der Waals surface area contributed by atoms with Gasteiger partial charge in [-0.25, -0.2) is 4.68 Å². The topological polar surface area (TPSA) is 72.7 Å². The average molecular weight is 371 g/mol. The first-order chi connectivity index (χ1) is 13.2. The predicted molar refractivity (Wildman–Crippen MR) is 98.6 cm³/mol. The van der Waals surface area contributed by atoms with E-state index >= 15 is 0 Å². The molecular weight excluding hydrogens is 346 g/mol. The number of carbonyl (C=O) groups is 1. The Morgan fingerprint density at radius 1 is 1.22 bits per heavy atom. The van der Waals surface area contributed by atoms with Gasteiger partial charge < -0.3 is 19.3 Å². The second-order valence-electron chi connectivity index (χ2n) is 6.87. The molecule has 1 aromatic heterocycles. The van der Waals surface area contributed by atoms with Crippen LogP contribution in [0, 0.1) is 0 Å². The van der Waals surface area contributed by atoms with E-state index in [0.717, 1.165) is 49.7 Å². The quantitative estimate of drug-likeness (QED) is 0.808. The van der Waals surface area contributed by atoms with E-state index in [2.05, 4.69) is 22.1 Å². The Labute approximate surface area is 158 Å². The number of ether oxygens (including phenoxy) is 2. The summed E-state index contributed by atoms with van der Waals surface area (Å²) < 4.78 is 13.0. The van der Waals surface area contributed by atoms with Crippen LogP contribution in [0.4, 0.5) is 0 Å². The fourth-order valence-electron chi connectivity index (χ4n) is 3.61. The molecule has 2 aliphatic heterocycles. The fourth-order valence-corrected chi connectivity index (χ4v) is 3.61. The van der Waals surface area contributed by atoms with Crippen LogP contribution in [0.15, 0.2) is 24.3 Å². The number of piperazine rings is 1. The van der Waals surface area contributed by atoms with Crippen molar-refractivity contribution in [2.75, 3.05) is 39.8 Å². The first-order valence-electron chi connectivity index (χ1n) is 9.39. The Kier molecular flexibility index (Phi) is 5.09. The molecule has 3 heterocycles. The summed E-state index contributed by atoms with van der Waals surface area (Å²) in [5.74, 6) is 0.769. The fraction of sp³-hybridized carbons (Fsp3) is 0.526. The van der Waals surface area contributed by atoms with Crippen molar-refractivity contribution in [3.63, 3.8) is 0 Å². The van der Waals surface area contributed by atoms with E-state index in [0.29, 0.717) is 18.8 Å². The van der Waals surface area contributed by atoms with E-state index in [1.54, 1.807) is 11.8 Å². The SMILES string of the molecule is CCN1CCN(C(=O)c2nnn3c2CO[C@@H](c2ccc(OC)cc2)C3)CC1. The van der Waals surface area contributed by atoms with Crippen LogP contribution in [0.2, 0.25) is 0 Å². The van der Waals surface area contributed by atoms with E-state index in [1.165, 1.54) is 0 Å². The molecule has 8 heteroatoms. The Bertz CT molecular complexity index is 796. The third-order valence-corrected chi connectivity index (χ3v) is 5.39. The summed E-state index contributed by atoms with van der Waals surface area (Å²) >= 11 is 0. The monoisotopic (exact) mass is 371 g/mol. The molecule has 0 spiro atoms. The van der Waals surface area contributed by atoms with Crippen molar-refractivity contribution in [2.45, 2.75) is 26.2 Å². The molecule has 1 saturated heterocycles. The maximum absolute atomic E-state index is 12.9. The second kappa shape index (κ2) is 7.66. The lowest BCUT2D eigenvalue weighted by Gasteiger charge is -2.33. The van der Waals surface area contributed by atoms with Crippen molar-refractivity contribution in [2.24, 2.45) is 0 Å². The lowest BCUT2D eigenvalue weighted by Crippen LogP contribution is -2.48. The molecule has 0 N–H and O–H groups in total. The second-order valence-corrected chi connectivity index (χ2v) is 6.87. The van der Waals surface area contributed by atoms with Crippen LogP contribution in [0.3, 0.4) is 0 Å². The Morgan fingerprint density at radius 2 is 1.96 bits per heavy atom. The zero-order valence-electron chi connectivity index (χ0n) is 15.8. The van der Waals surface area contributed by atoms with Crippen molar-refractivity contribution in [1.29, 1.82) is 0 Å². The lowest BCUT2D eigenvalue weighted by molar-refractivity contribution is -0.00205. The minimum absolute atomic E-state index is 0.0431. The number of carbonyl (C=O) groups excluding carboxylic acids is 1. The molecule has 1 atom stereocenters. The number of benzene rings is 1. The summed E-state index contributed by atoms with van der Waals surface area (Å²) in [4.78, 5) is 17.1. The largest absolute Gasteiger partial charge is 0.497 e. The summed E-state index contributed by atoms with van der Waals surface area (Å²) in [5, 5.41) is 8.39. The van der Waals surface area contributed by atoms with E-state index in [-0.39, 0.29) is 12.0 Å². The van der Waals surface area contributed by atoms with Gasteiger partial charge in [0.15, 0.2) is 5.69 Å². The molecule has 1 aromatic carbocycles. The smallest absolute Gasteiger partial charge is 0.276 e. The van der Waals surface area contributed by atoms with Crippen LogP contribution in [-0.4, -0.2) is 70.5 Å². The number of hydrogen-bond acceptors (Lipinski definition) is 6. The highest BCUT2D eigenvalue weighted by Crippen LogP contribution is 2.28. The van der Waals surface area contributed by atoms with Crippen LogP contribution < -0.4 is 4.74 Å². The van der Waals surface area contributed by atoms with Gasteiger partial charge in [-0.05, 0) is 24.2 Å². The number of rotatable bonds is 4. The number of nitrogens with zero attached hydrogens (tertiary/aromatic N) is 5. The first-order valence-corrected chi connectivity index (χ1v) is 9.39. The molecule has 0 radical (unpaired) electrons. The van der Waals surface area contributed by atoms with Crippen molar-refractivity contribution >= 4 is 5.91 Å². The normalized spacial score (nSPS) is 20.4. The van der Waals surface area contributed by atoms with Gasteiger partial charge in [0.05, 0.1) is 26.0 Å². The lowest BCUT2D eigenvalue weighted by atomic mass is 10.1. The molecule has 144 valence electrons. The van der Waals surface area contributed by atoms with Crippen LogP contribution in [0.5, 0.6) is 5.75 Å². The summed E-state index contributed by atoms with van der Waals surface area (Å²) in [5.41, 5.74) is 2.25. The molecule has 1 fully saturated rings. The Morgan fingerprint density at radius 3 is 2.63 bits per heavy atom. The summed E-state index contributed by atoms with van der Waals surface area (Å²) in [7, 11) is 1.65. The van der Waals surface area contributed by atoms with Gasteiger partial charge in [0.2, 0.25) is 0 Å². The van der Waals surface area contributed by atoms with Crippen molar-refractivity contribution in [3.8, 4) is 5.75 Å². The van der Waals surface area contributed by atoms with Crippen molar-refractivity contribution in [3.05, 3.63) is 41.2 Å². The molecule has 27 heavy (non-hydrogen) atoms. The van der Waals surface area contributed by atoms with Gasteiger partial charge in [-0.3, -0.25) is 4.79 Å². The zero-order chi connectivity index (χ0) is 18.8. The molecular formula is C19H25N5O3. The zero-order valence-corrected chi connectivity index (χ0v) is 15.8. The van der Waals surface area contributed by atoms with Gasteiger partial charge in [-0.15, -0.1) is 5.10 Å². The van der Waals surface area contributed by atoms with E-state index in [4.69, 9.17) is 9.47 Å². The van der Waals surface area contributed by atoms with Gasteiger partial charge in [-0.1, -0.05) is 24.3 Å². The highest BCUT2D eigenvalue weighted by Gasteiger charge is 2.31. The van der Waals surface area contributed by atoms with Gasteiger partial charge in [0.1, 0.15) is 11.9 Å². The molecule has 1 amide bonds. The summed E-state index contributed by atoms with van der Waals surface area (Å²) in [6.07, 6.45) is -0.110. The van der Waals surface area contributed by atoms with E-state index in [1.807, 2.05) is 29.2 Å². The highest BCUT2D eigenvalue weighted by atomic mass is 16.5. The molecule has 0 unspecified atom stereocenters.